The predicted octanol–water partition coefficient (Wildman–Crippen LogP) is 1.19. The minimum Gasteiger partial charge on any atom is -0.462 e. The van der Waals surface area contributed by atoms with Gasteiger partial charge in [0, 0.05) is 20.1 Å². The van der Waals surface area contributed by atoms with Crippen molar-refractivity contribution in [2.75, 3.05) is 19.7 Å². The fourth-order valence-corrected chi connectivity index (χ4v) is 2.07. The zero-order valence-electron chi connectivity index (χ0n) is 13.0. The van der Waals surface area contributed by atoms with Gasteiger partial charge in [-0.15, -0.1) is 0 Å². The van der Waals surface area contributed by atoms with E-state index < -0.39 is 5.60 Å². The van der Waals surface area contributed by atoms with Crippen molar-refractivity contribution in [1.82, 2.24) is 14.7 Å². The number of aryl methyl sites for hydroxylation is 1. The third-order valence-corrected chi connectivity index (χ3v) is 2.99. The summed E-state index contributed by atoms with van der Waals surface area (Å²) in [4.78, 5) is 14.0. The van der Waals surface area contributed by atoms with Gasteiger partial charge in [0.05, 0.1) is 24.1 Å². The lowest BCUT2D eigenvalue weighted by Gasteiger charge is -2.28. The van der Waals surface area contributed by atoms with Crippen LogP contribution < -0.4 is 0 Å². The average Bonchev–Trinajstić information content (AvgIpc) is 2.69. The lowest BCUT2D eigenvalue weighted by Crippen LogP contribution is -2.38. The second kappa shape index (κ2) is 6.85. The maximum atomic E-state index is 11.9. The van der Waals surface area contributed by atoms with Crippen LogP contribution in [0.3, 0.4) is 0 Å². The van der Waals surface area contributed by atoms with E-state index in [0.717, 1.165) is 12.2 Å². The summed E-state index contributed by atoms with van der Waals surface area (Å²) in [5, 5.41) is 14.1. The summed E-state index contributed by atoms with van der Waals surface area (Å²) in [7, 11) is 1.80. The van der Waals surface area contributed by atoms with E-state index in [0.29, 0.717) is 25.3 Å². The van der Waals surface area contributed by atoms with Crippen LogP contribution in [0.4, 0.5) is 0 Å². The fraction of sp³-hybridized carbons (Fsp3) is 0.714. The molecule has 1 aromatic rings. The molecule has 0 unspecified atom stereocenters. The molecule has 0 aliphatic rings. The first-order valence-electron chi connectivity index (χ1n) is 6.91. The molecule has 6 heteroatoms. The van der Waals surface area contributed by atoms with Gasteiger partial charge in [-0.2, -0.15) is 5.10 Å². The van der Waals surface area contributed by atoms with E-state index in [-0.39, 0.29) is 5.97 Å². The molecule has 1 N–H and O–H groups in total. The lowest BCUT2D eigenvalue weighted by atomic mass is 10.1. The van der Waals surface area contributed by atoms with Crippen LogP contribution in [0, 0.1) is 0 Å². The molecule has 1 rings (SSSR count). The normalized spacial score (nSPS) is 11.9. The van der Waals surface area contributed by atoms with Gasteiger partial charge >= 0.3 is 5.97 Å². The van der Waals surface area contributed by atoms with Crippen LogP contribution in [0.1, 0.15) is 43.7 Å². The van der Waals surface area contributed by atoms with Crippen molar-refractivity contribution in [2.45, 2.75) is 39.8 Å². The van der Waals surface area contributed by atoms with E-state index in [1.165, 1.54) is 6.20 Å². The van der Waals surface area contributed by atoms with Gasteiger partial charge in [0.25, 0.3) is 0 Å². The third-order valence-electron chi connectivity index (χ3n) is 2.99. The molecule has 0 fully saturated rings. The monoisotopic (exact) mass is 283 g/mol. The van der Waals surface area contributed by atoms with E-state index in [1.54, 1.807) is 32.5 Å². The molecule has 0 bridgehead atoms. The van der Waals surface area contributed by atoms with Crippen LogP contribution in [0.5, 0.6) is 0 Å². The Kier molecular flexibility index (Phi) is 5.71. The van der Waals surface area contributed by atoms with Crippen LogP contribution in [-0.4, -0.2) is 51.1 Å². The van der Waals surface area contributed by atoms with Gasteiger partial charge < -0.3 is 9.84 Å². The molecule has 0 saturated carbocycles. The molecule has 0 spiro atoms. The Hall–Kier alpha value is -1.40. The number of aromatic nitrogens is 2. The molecular weight excluding hydrogens is 258 g/mol. The average molecular weight is 283 g/mol. The summed E-state index contributed by atoms with van der Waals surface area (Å²) in [6, 6.07) is 0. The van der Waals surface area contributed by atoms with E-state index in [1.807, 2.05) is 6.92 Å². The topological polar surface area (TPSA) is 67.6 Å². The summed E-state index contributed by atoms with van der Waals surface area (Å²) >= 11 is 0. The molecule has 0 aliphatic heterocycles. The number of likely N-dealkylation sites (N-methyl/N-ethyl adjacent to an activating group) is 1. The van der Waals surface area contributed by atoms with Crippen molar-refractivity contribution in [1.29, 1.82) is 0 Å². The lowest BCUT2D eigenvalue weighted by molar-refractivity contribution is 0.0343. The molecule has 114 valence electrons. The quantitative estimate of drug-likeness (QED) is 0.761. The smallest absolute Gasteiger partial charge is 0.341 e. The molecule has 0 amide bonds. The first-order chi connectivity index (χ1) is 9.28. The van der Waals surface area contributed by atoms with Gasteiger partial charge in [0.1, 0.15) is 5.56 Å². The van der Waals surface area contributed by atoms with Gasteiger partial charge in [-0.05, 0) is 27.3 Å². The minimum absolute atomic E-state index is 0.342. The number of ether oxygens (including phenoxy) is 1. The zero-order chi connectivity index (χ0) is 15.3. The predicted molar refractivity (Wildman–Crippen MR) is 76.4 cm³/mol. The summed E-state index contributed by atoms with van der Waals surface area (Å²) in [5.74, 6) is -0.352. The van der Waals surface area contributed by atoms with Crippen LogP contribution in [0.2, 0.25) is 0 Å². The minimum atomic E-state index is -0.779. The van der Waals surface area contributed by atoms with Crippen molar-refractivity contribution in [2.24, 2.45) is 7.05 Å². The Morgan fingerprint density at radius 1 is 1.50 bits per heavy atom. The maximum Gasteiger partial charge on any atom is 0.341 e. The molecule has 0 aromatic carbocycles. The first-order valence-corrected chi connectivity index (χ1v) is 6.91. The molecular formula is C14H25N3O3. The van der Waals surface area contributed by atoms with Crippen molar-refractivity contribution in [3.8, 4) is 0 Å². The molecule has 20 heavy (non-hydrogen) atoms. The molecule has 0 radical (unpaired) electrons. The second-order valence-electron chi connectivity index (χ2n) is 5.46. The van der Waals surface area contributed by atoms with E-state index >= 15 is 0 Å². The number of hydrogen-bond donors (Lipinski definition) is 1. The number of carbonyl (C=O) groups excluding carboxylic acids is 1. The van der Waals surface area contributed by atoms with Gasteiger partial charge in [-0.3, -0.25) is 9.58 Å². The van der Waals surface area contributed by atoms with Crippen molar-refractivity contribution >= 4 is 5.97 Å². The van der Waals surface area contributed by atoms with E-state index in [9.17, 15) is 9.90 Å². The Bertz CT molecular complexity index is 449. The van der Waals surface area contributed by atoms with Crippen LogP contribution in [-0.2, 0) is 18.3 Å². The summed E-state index contributed by atoms with van der Waals surface area (Å²) in [6.45, 7) is 9.52. The number of carbonyl (C=O) groups is 1. The Morgan fingerprint density at radius 2 is 2.15 bits per heavy atom. The number of nitrogens with zero attached hydrogens (tertiary/aromatic N) is 3. The summed E-state index contributed by atoms with van der Waals surface area (Å²) < 4.78 is 6.72. The Morgan fingerprint density at radius 3 is 2.65 bits per heavy atom. The highest BCUT2D eigenvalue weighted by molar-refractivity contribution is 5.90. The van der Waals surface area contributed by atoms with Crippen LogP contribution in [0.25, 0.3) is 0 Å². The number of aliphatic hydroxyl groups is 1. The van der Waals surface area contributed by atoms with Crippen LogP contribution in [0.15, 0.2) is 6.20 Å². The molecule has 6 nitrogen and oxygen atoms in total. The molecule has 0 aliphatic carbocycles. The summed E-state index contributed by atoms with van der Waals surface area (Å²) in [6.07, 6.45) is 1.53. The molecule has 1 heterocycles. The van der Waals surface area contributed by atoms with E-state index in [4.69, 9.17) is 4.74 Å². The SMILES string of the molecule is CCOC(=O)c1cnn(C)c1CN(CC)CC(C)(C)O. The summed E-state index contributed by atoms with van der Waals surface area (Å²) in [5.41, 5.74) is 0.511. The number of esters is 1. The molecule has 1 aromatic heterocycles. The molecule has 0 atom stereocenters. The van der Waals surface area contributed by atoms with Crippen molar-refractivity contribution in [3.63, 3.8) is 0 Å². The van der Waals surface area contributed by atoms with Gasteiger partial charge in [0.2, 0.25) is 0 Å². The van der Waals surface area contributed by atoms with Crippen molar-refractivity contribution in [3.05, 3.63) is 17.5 Å². The number of hydrogen-bond acceptors (Lipinski definition) is 5. The highest BCUT2D eigenvalue weighted by Gasteiger charge is 2.22. The Balaban J connectivity index is 2.90. The molecule has 0 saturated heterocycles. The number of rotatable bonds is 7. The van der Waals surface area contributed by atoms with Crippen molar-refractivity contribution < 1.29 is 14.6 Å². The van der Waals surface area contributed by atoms with Crippen LogP contribution >= 0.6 is 0 Å². The fourth-order valence-electron chi connectivity index (χ4n) is 2.07. The first kappa shape index (κ1) is 16.7. The Labute approximate surface area is 120 Å². The zero-order valence-corrected chi connectivity index (χ0v) is 13.0. The van der Waals surface area contributed by atoms with E-state index in [2.05, 4.69) is 10.00 Å². The van der Waals surface area contributed by atoms with Gasteiger partial charge in [-0.1, -0.05) is 6.92 Å². The third kappa shape index (κ3) is 4.61. The second-order valence-corrected chi connectivity index (χ2v) is 5.46. The maximum absolute atomic E-state index is 11.9. The largest absolute Gasteiger partial charge is 0.462 e. The highest BCUT2D eigenvalue weighted by atomic mass is 16.5. The van der Waals surface area contributed by atoms with Gasteiger partial charge in [0.15, 0.2) is 0 Å². The van der Waals surface area contributed by atoms with Gasteiger partial charge in [-0.25, -0.2) is 4.79 Å². The highest BCUT2D eigenvalue weighted by Crippen LogP contribution is 2.14. The standard InChI is InChI=1S/C14H25N3O3/c1-6-17(10-14(3,4)19)9-12-11(8-15-16(12)5)13(18)20-7-2/h8,19H,6-7,9-10H2,1-5H3.